The van der Waals surface area contributed by atoms with Gasteiger partial charge in [0.1, 0.15) is 5.75 Å². The zero-order valence-corrected chi connectivity index (χ0v) is 19.4. The molecule has 1 saturated carbocycles. The van der Waals surface area contributed by atoms with Crippen molar-refractivity contribution in [2.75, 3.05) is 17.3 Å². The van der Waals surface area contributed by atoms with E-state index >= 15 is 0 Å². The summed E-state index contributed by atoms with van der Waals surface area (Å²) in [5.41, 5.74) is 1.15. The lowest BCUT2D eigenvalue weighted by atomic mass is 9.81. The maximum Gasteiger partial charge on any atom is 0.257 e. The van der Waals surface area contributed by atoms with Gasteiger partial charge < -0.3 is 10.1 Å². The van der Waals surface area contributed by atoms with Crippen LogP contribution in [0, 0.1) is 11.8 Å². The first-order valence-corrected chi connectivity index (χ1v) is 11.4. The Morgan fingerprint density at radius 1 is 1.00 bits per heavy atom. The van der Waals surface area contributed by atoms with E-state index in [2.05, 4.69) is 37.2 Å². The van der Waals surface area contributed by atoms with Crippen LogP contribution >= 0.6 is 31.9 Å². The lowest BCUT2D eigenvalue weighted by molar-refractivity contribution is -0.122. The lowest BCUT2D eigenvalue weighted by Gasteiger charge is -2.29. The number of alkyl halides is 2. The normalized spacial score (nSPS) is 25.8. The second kappa shape index (κ2) is 8.51. The van der Waals surface area contributed by atoms with E-state index in [4.69, 9.17) is 4.74 Å². The molecule has 30 heavy (non-hydrogen) atoms. The number of amides is 3. The molecule has 1 heterocycles. The predicted molar refractivity (Wildman–Crippen MR) is 122 cm³/mol. The molecule has 1 aliphatic heterocycles. The number of hydrogen-bond acceptors (Lipinski definition) is 4. The van der Waals surface area contributed by atoms with Gasteiger partial charge >= 0.3 is 0 Å². The lowest BCUT2D eigenvalue weighted by Crippen LogP contribution is -2.34. The molecule has 1 aliphatic carbocycles. The molecule has 1 N–H and O–H groups in total. The number of carbonyl (C=O) groups is 3. The first-order valence-electron chi connectivity index (χ1n) is 9.61. The zero-order chi connectivity index (χ0) is 21.4. The van der Waals surface area contributed by atoms with Gasteiger partial charge in [-0.05, 0) is 37.1 Å². The Morgan fingerprint density at radius 2 is 1.63 bits per heavy atom. The van der Waals surface area contributed by atoms with Crippen molar-refractivity contribution in [3.63, 3.8) is 0 Å². The van der Waals surface area contributed by atoms with Crippen molar-refractivity contribution in [2.45, 2.75) is 22.5 Å². The van der Waals surface area contributed by atoms with E-state index in [1.807, 2.05) is 0 Å². The first kappa shape index (κ1) is 21.1. The number of benzene rings is 2. The van der Waals surface area contributed by atoms with Crippen molar-refractivity contribution >= 4 is 61.0 Å². The highest BCUT2D eigenvalue weighted by atomic mass is 79.9. The van der Waals surface area contributed by atoms with Crippen LogP contribution in [0.2, 0.25) is 0 Å². The molecule has 3 amide bonds. The van der Waals surface area contributed by atoms with E-state index < -0.39 is 5.91 Å². The maximum atomic E-state index is 13.1. The van der Waals surface area contributed by atoms with Crippen molar-refractivity contribution in [3.8, 4) is 5.75 Å². The second-order valence-corrected chi connectivity index (χ2v) is 9.78. The van der Waals surface area contributed by atoms with Gasteiger partial charge in [0.05, 0.1) is 30.2 Å². The van der Waals surface area contributed by atoms with Crippen LogP contribution < -0.4 is 15.0 Å². The Bertz CT molecular complexity index is 984. The second-order valence-electron chi connectivity index (χ2n) is 7.43. The van der Waals surface area contributed by atoms with Gasteiger partial charge in [0, 0.05) is 21.4 Å². The highest BCUT2D eigenvalue weighted by Crippen LogP contribution is 2.44. The number of rotatable bonds is 4. The van der Waals surface area contributed by atoms with Gasteiger partial charge in [0.15, 0.2) is 0 Å². The third-order valence-corrected chi connectivity index (χ3v) is 8.36. The minimum Gasteiger partial charge on any atom is -0.497 e. The van der Waals surface area contributed by atoms with Crippen molar-refractivity contribution in [2.24, 2.45) is 11.8 Å². The van der Waals surface area contributed by atoms with Crippen LogP contribution in [-0.4, -0.2) is 34.5 Å². The summed E-state index contributed by atoms with van der Waals surface area (Å²) >= 11 is 7.19. The fourth-order valence-corrected chi connectivity index (χ4v) is 5.33. The summed E-state index contributed by atoms with van der Waals surface area (Å²) in [4.78, 5) is 40.7. The maximum absolute atomic E-state index is 13.1. The average Bonchev–Trinajstić information content (AvgIpc) is 2.98. The quantitative estimate of drug-likeness (QED) is 0.466. The van der Waals surface area contributed by atoms with E-state index in [1.54, 1.807) is 55.6 Å². The topological polar surface area (TPSA) is 75.7 Å². The third-order valence-electron chi connectivity index (χ3n) is 5.63. The van der Waals surface area contributed by atoms with Gasteiger partial charge in [-0.25, -0.2) is 4.90 Å². The highest BCUT2D eigenvalue weighted by Gasteiger charge is 2.52. The minimum atomic E-state index is -0.397. The van der Waals surface area contributed by atoms with Crippen molar-refractivity contribution in [3.05, 3.63) is 54.1 Å². The molecule has 1 saturated heterocycles. The minimum absolute atomic E-state index is 0.127. The summed E-state index contributed by atoms with van der Waals surface area (Å²) in [6.45, 7) is 0. The number of anilines is 2. The number of nitrogens with zero attached hydrogens (tertiary/aromatic N) is 1. The van der Waals surface area contributed by atoms with Crippen LogP contribution in [0.15, 0.2) is 48.5 Å². The molecule has 4 atom stereocenters. The van der Waals surface area contributed by atoms with Crippen LogP contribution in [0.25, 0.3) is 0 Å². The fraction of sp³-hybridized carbons (Fsp3) is 0.318. The Balaban J connectivity index is 1.64. The van der Waals surface area contributed by atoms with Gasteiger partial charge in [0.2, 0.25) is 11.8 Å². The Hall–Kier alpha value is -2.19. The molecule has 2 aromatic carbocycles. The summed E-state index contributed by atoms with van der Waals surface area (Å²) in [7, 11) is 1.55. The molecule has 2 aromatic rings. The van der Waals surface area contributed by atoms with Gasteiger partial charge in [-0.15, -0.1) is 0 Å². The molecule has 4 rings (SSSR count). The van der Waals surface area contributed by atoms with E-state index in [0.29, 0.717) is 30.0 Å². The van der Waals surface area contributed by atoms with Crippen molar-refractivity contribution in [1.82, 2.24) is 0 Å². The molecular formula is C22H20Br2N2O4. The Labute approximate surface area is 191 Å². The van der Waals surface area contributed by atoms with Crippen LogP contribution in [0.3, 0.4) is 0 Å². The largest absolute Gasteiger partial charge is 0.497 e. The number of halogens is 2. The summed E-state index contributed by atoms with van der Waals surface area (Å²) in [5, 5.41) is 2.82. The molecule has 0 aromatic heterocycles. The van der Waals surface area contributed by atoms with E-state index in [-0.39, 0.29) is 38.9 Å². The standard InChI is InChI=1S/C22H20Br2N2O4/c1-30-13-6-4-5-12(9-13)25-20(27)14-7-2-3-8-19(14)26-21(28)15-10-17(23)18(24)11-16(15)22(26)29/h2-9,15-18H,10-11H2,1H3,(H,25,27)/t15-,16+,17+,18-. The van der Waals surface area contributed by atoms with Crippen molar-refractivity contribution in [1.29, 1.82) is 0 Å². The molecule has 0 bridgehead atoms. The number of hydrogen-bond donors (Lipinski definition) is 1. The number of methoxy groups -OCH3 is 1. The molecule has 6 nitrogen and oxygen atoms in total. The first-order chi connectivity index (χ1) is 14.4. The number of ether oxygens (including phenoxy) is 1. The van der Waals surface area contributed by atoms with Crippen LogP contribution in [-0.2, 0) is 9.59 Å². The van der Waals surface area contributed by atoms with E-state index in [1.165, 1.54) is 4.90 Å². The van der Waals surface area contributed by atoms with Gasteiger partial charge in [-0.1, -0.05) is 50.1 Å². The van der Waals surface area contributed by atoms with E-state index in [9.17, 15) is 14.4 Å². The molecular weight excluding hydrogens is 516 g/mol. The summed E-state index contributed by atoms with van der Waals surface area (Å²) in [6.07, 6.45) is 1.17. The average molecular weight is 536 g/mol. The summed E-state index contributed by atoms with van der Waals surface area (Å²) < 4.78 is 5.19. The monoisotopic (exact) mass is 534 g/mol. The Morgan fingerprint density at radius 3 is 2.27 bits per heavy atom. The number of carbonyl (C=O) groups excluding carboxylic acids is 3. The zero-order valence-electron chi connectivity index (χ0n) is 16.2. The van der Waals surface area contributed by atoms with Gasteiger partial charge in [-0.2, -0.15) is 0 Å². The van der Waals surface area contributed by atoms with Gasteiger partial charge in [0.25, 0.3) is 5.91 Å². The molecule has 0 radical (unpaired) electrons. The van der Waals surface area contributed by atoms with Crippen LogP contribution in [0.5, 0.6) is 5.75 Å². The smallest absolute Gasteiger partial charge is 0.257 e. The fourth-order valence-electron chi connectivity index (χ4n) is 4.09. The summed E-state index contributed by atoms with van der Waals surface area (Å²) in [5.74, 6) is -1.00. The number of para-hydroxylation sites is 1. The number of imide groups is 1. The molecule has 2 fully saturated rings. The van der Waals surface area contributed by atoms with Crippen LogP contribution in [0.1, 0.15) is 23.2 Å². The Kier molecular flexibility index (Phi) is 5.97. The third kappa shape index (κ3) is 3.78. The molecule has 156 valence electrons. The van der Waals surface area contributed by atoms with Crippen LogP contribution in [0.4, 0.5) is 11.4 Å². The molecule has 0 unspecified atom stereocenters. The molecule has 8 heteroatoms. The molecule has 2 aliphatic rings. The van der Waals surface area contributed by atoms with Gasteiger partial charge in [-0.3, -0.25) is 14.4 Å². The van der Waals surface area contributed by atoms with Crippen molar-refractivity contribution < 1.29 is 19.1 Å². The SMILES string of the molecule is COc1cccc(NC(=O)c2ccccc2N2C(=O)[C@H]3C[C@@H](Br)[C@@H](Br)C[C@H]3C2=O)c1. The molecule has 0 spiro atoms. The summed E-state index contributed by atoms with van der Waals surface area (Å²) in [6, 6.07) is 13.7. The van der Waals surface area contributed by atoms with E-state index in [0.717, 1.165) is 0 Å². The predicted octanol–water partition coefficient (Wildman–Crippen LogP) is 4.37. The number of fused-ring (bicyclic) bond motifs is 1. The highest BCUT2D eigenvalue weighted by molar-refractivity contribution is 9.12. The number of nitrogens with one attached hydrogen (secondary N) is 1.